The Balaban J connectivity index is 1.92. The van der Waals surface area contributed by atoms with Gasteiger partial charge < -0.3 is 5.32 Å². The topological polar surface area (TPSA) is 75.1 Å². The predicted octanol–water partition coefficient (Wildman–Crippen LogP) is 1.90. The Kier molecular flexibility index (Phi) is 2.98. The van der Waals surface area contributed by atoms with Gasteiger partial charge in [0.15, 0.2) is 0 Å². The molecule has 20 heavy (non-hydrogen) atoms. The minimum atomic E-state index is -0.166. The first-order valence-corrected chi connectivity index (χ1v) is 6.41. The Bertz CT molecular complexity index is 790. The molecular weight excluding hydrogens is 254 g/mol. The van der Waals surface area contributed by atoms with Crippen LogP contribution in [0.15, 0.2) is 41.2 Å². The van der Waals surface area contributed by atoms with Crippen molar-refractivity contribution in [1.82, 2.24) is 19.6 Å². The van der Waals surface area contributed by atoms with Gasteiger partial charge in [-0.15, -0.1) is 0 Å². The second kappa shape index (κ2) is 4.80. The van der Waals surface area contributed by atoms with E-state index < -0.39 is 0 Å². The normalized spacial score (nSPS) is 12.5. The molecule has 2 aromatic heterocycles. The van der Waals surface area contributed by atoms with E-state index in [1.165, 1.54) is 10.6 Å². The van der Waals surface area contributed by atoms with Gasteiger partial charge in [-0.2, -0.15) is 9.50 Å². The summed E-state index contributed by atoms with van der Waals surface area (Å²) in [5.74, 6) is 0.898. The van der Waals surface area contributed by atoms with E-state index in [9.17, 15) is 4.79 Å². The molecule has 0 aliphatic heterocycles. The average Bonchev–Trinajstić information content (AvgIpc) is 2.82. The van der Waals surface area contributed by atoms with Crippen LogP contribution < -0.4 is 10.9 Å². The molecule has 0 spiro atoms. The zero-order valence-electron chi connectivity index (χ0n) is 11.3. The molecule has 0 amide bonds. The van der Waals surface area contributed by atoms with Crippen molar-refractivity contribution >= 4 is 11.7 Å². The zero-order chi connectivity index (χ0) is 14.1. The van der Waals surface area contributed by atoms with Crippen LogP contribution in [0.5, 0.6) is 0 Å². The van der Waals surface area contributed by atoms with Crippen LogP contribution in [0.4, 0.5) is 5.95 Å². The van der Waals surface area contributed by atoms with E-state index in [4.69, 9.17) is 0 Å². The fourth-order valence-corrected chi connectivity index (χ4v) is 2.09. The second-order valence-electron chi connectivity index (χ2n) is 4.72. The summed E-state index contributed by atoms with van der Waals surface area (Å²) in [6, 6.07) is 11.6. The van der Waals surface area contributed by atoms with Gasteiger partial charge in [-0.3, -0.25) is 9.89 Å². The number of fused-ring (bicyclic) bond motifs is 1. The van der Waals surface area contributed by atoms with Gasteiger partial charge in [-0.05, 0) is 19.4 Å². The summed E-state index contributed by atoms with van der Waals surface area (Å²) in [4.78, 5) is 20.3. The Hall–Kier alpha value is -2.63. The van der Waals surface area contributed by atoms with Crippen molar-refractivity contribution in [3.63, 3.8) is 0 Å². The van der Waals surface area contributed by atoms with E-state index in [2.05, 4.69) is 20.4 Å². The van der Waals surface area contributed by atoms with Crippen LogP contribution in [0, 0.1) is 6.92 Å². The molecule has 0 unspecified atom stereocenters. The summed E-state index contributed by atoms with van der Waals surface area (Å²) < 4.78 is 1.33. The van der Waals surface area contributed by atoms with Crippen LogP contribution in [-0.4, -0.2) is 19.6 Å². The summed E-state index contributed by atoms with van der Waals surface area (Å²) in [5, 5.41) is 6.14. The molecule has 6 nitrogen and oxygen atoms in total. The smallest absolute Gasteiger partial charge is 0.274 e. The molecule has 2 N–H and O–H groups in total. The summed E-state index contributed by atoms with van der Waals surface area (Å²) in [5.41, 5.74) is 1.63. The number of aromatic nitrogens is 4. The van der Waals surface area contributed by atoms with Crippen molar-refractivity contribution in [2.45, 2.75) is 19.9 Å². The van der Waals surface area contributed by atoms with Gasteiger partial charge in [0.25, 0.3) is 11.3 Å². The molecule has 0 saturated heterocycles. The molecule has 3 aromatic rings. The number of nitrogens with one attached hydrogen (secondary N) is 2. The Morgan fingerprint density at radius 1 is 1.25 bits per heavy atom. The lowest BCUT2D eigenvalue weighted by Gasteiger charge is -2.12. The maximum absolute atomic E-state index is 11.8. The minimum absolute atomic E-state index is 0.0774. The molecule has 2 heterocycles. The van der Waals surface area contributed by atoms with Crippen molar-refractivity contribution in [3.05, 3.63) is 58.0 Å². The molecule has 0 bridgehead atoms. The van der Waals surface area contributed by atoms with Gasteiger partial charge in [0.2, 0.25) is 5.95 Å². The average molecular weight is 269 g/mol. The number of anilines is 1. The molecule has 0 fully saturated rings. The lowest BCUT2D eigenvalue weighted by molar-refractivity contribution is 0.842. The van der Waals surface area contributed by atoms with E-state index >= 15 is 0 Å². The fourth-order valence-electron chi connectivity index (χ4n) is 2.09. The van der Waals surface area contributed by atoms with Crippen molar-refractivity contribution < 1.29 is 0 Å². The highest BCUT2D eigenvalue weighted by Gasteiger charge is 2.10. The third-order valence-electron chi connectivity index (χ3n) is 3.11. The monoisotopic (exact) mass is 269 g/mol. The number of hydrogen-bond donors (Lipinski definition) is 2. The first-order chi connectivity index (χ1) is 9.63. The molecule has 1 atom stereocenters. The molecule has 0 saturated carbocycles. The van der Waals surface area contributed by atoms with Gasteiger partial charge in [-0.25, -0.2) is 4.98 Å². The van der Waals surface area contributed by atoms with E-state index in [1.807, 2.05) is 37.3 Å². The van der Waals surface area contributed by atoms with Gasteiger partial charge in [-0.1, -0.05) is 30.3 Å². The summed E-state index contributed by atoms with van der Waals surface area (Å²) in [7, 11) is 0. The zero-order valence-corrected chi connectivity index (χ0v) is 11.3. The van der Waals surface area contributed by atoms with E-state index in [0.717, 1.165) is 5.56 Å². The van der Waals surface area contributed by atoms with Gasteiger partial charge >= 0.3 is 0 Å². The molecule has 0 aliphatic carbocycles. The third-order valence-corrected chi connectivity index (χ3v) is 3.11. The Morgan fingerprint density at radius 2 is 2.00 bits per heavy atom. The number of rotatable bonds is 3. The van der Waals surface area contributed by atoms with E-state index in [1.54, 1.807) is 6.92 Å². The number of aryl methyl sites for hydroxylation is 1. The van der Waals surface area contributed by atoms with Crippen molar-refractivity contribution in [3.8, 4) is 0 Å². The maximum Gasteiger partial charge on any atom is 0.274 e. The molecular formula is C14H15N5O. The lowest BCUT2D eigenvalue weighted by atomic mass is 10.1. The molecule has 3 rings (SSSR count). The number of aromatic amines is 1. The molecule has 6 heteroatoms. The van der Waals surface area contributed by atoms with Crippen LogP contribution in [0.1, 0.15) is 24.2 Å². The number of hydrogen-bond acceptors (Lipinski definition) is 4. The Morgan fingerprint density at radius 3 is 2.75 bits per heavy atom. The Labute approximate surface area is 115 Å². The van der Waals surface area contributed by atoms with Gasteiger partial charge in [0, 0.05) is 11.8 Å². The lowest BCUT2D eigenvalue weighted by Crippen LogP contribution is -2.15. The highest BCUT2D eigenvalue weighted by molar-refractivity contribution is 5.39. The van der Waals surface area contributed by atoms with Crippen LogP contribution >= 0.6 is 0 Å². The second-order valence-corrected chi connectivity index (χ2v) is 4.72. The summed E-state index contributed by atoms with van der Waals surface area (Å²) >= 11 is 0. The maximum atomic E-state index is 11.8. The van der Waals surface area contributed by atoms with Gasteiger partial charge in [0.1, 0.15) is 0 Å². The highest BCUT2D eigenvalue weighted by Crippen LogP contribution is 2.16. The largest absolute Gasteiger partial charge is 0.348 e. The van der Waals surface area contributed by atoms with Crippen molar-refractivity contribution in [1.29, 1.82) is 0 Å². The van der Waals surface area contributed by atoms with Crippen LogP contribution in [0.3, 0.4) is 0 Å². The molecule has 1 aromatic carbocycles. The SMILES string of the molecule is Cc1cc(=O)n2[nH]c(N[C@@H](C)c3ccccc3)nc2n1. The van der Waals surface area contributed by atoms with Crippen molar-refractivity contribution in [2.75, 3.05) is 5.32 Å². The minimum Gasteiger partial charge on any atom is -0.348 e. The summed E-state index contributed by atoms with van der Waals surface area (Å²) in [6.07, 6.45) is 0. The summed E-state index contributed by atoms with van der Waals surface area (Å²) in [6.45, 7) is 3.81. The van der Waals surface area contributed by atoms with E-state index in [-0.39, 0.29) is 11.6 Å². The fraction of sp³-hybridized carbons (Fsp3) is 0.214. The standard InChI is InChI=1S/C14H15N5O/c1-9-8-12(20)19-14(15-9)17-13(18-19)16-10(2)11-6-4-3-5-7-11/h3-8,10H,1-2H3,(H2,15,16,17,18)/t10-/m0/s1. The van der Waals surface area contributed by atoms with Crippen LogP contribution in [-0.2, 0) is 0 Å². The number of H-pyrrole nitrogens is 1. The molecule has 0 aliphatic rings. The number of nitrogens with zero attached hydrogens (tertiary/aromatic N) is 3. The van der Waals surface area contributed by atoms with Gasteiger partial charge in [0.05, 0.1) is 6.04 Å². The first-order valence-electron chi connectivity index (χ1n) is 6.41. The van der Waals surface area contributed by atoms with Crippen LogP contribution in [0.2, 0.25) is 0 Å². The van der Waals surface area contributed by atoms with Crippen LogP contribution in [0.25, 0.3) is 5.78 Å². The highest BCUT2D eigenvalue weighted by atomic mass is 16.1. The third kappa shape index (κ3) is 2.27. The number of benzene rings is 1. The molecule has 0 radical (unpaired) electrons. The quantitative estimate of drug-likeness (QED) is 0.761. The first kappa shape index (κ1) is 12.4. The predicted molar refractivity (Wildman–Crippen MR) is 76.8 cm³/mol. The molecule has 102 valence electrons. The van der Waals surface area contributed by atoms with Crippen molar-refractivity contribution in [2.24, 2.45) is 0 Å². The van der Waals surface area contributed by atoms with E-state index in [0.29, 0.717) is 17.4 Å².